The highest BCUT2D eigenvalue weighted by atomic mass is 35.5. The van der Waals surface area contributed by atoms with Crippen molar-refractivity contribution in [2.45, 2.75) is 13.5 Å². The molecule has 0 radical (unpaired) electrons. The second-order valence-corrected chi connectivity index (χ2v) is 4.63. The van der Waals surface area contributed by atoms with Crippen molar-refractivity contribution in [3.05, 3.63) is 23.5 Å². The van der Waals surface area contributed by atoms with Crippen LogP contribution in [0.15, 0.2) is 17.8 Å². The van der Waals surface area contributed by atoms with Gasteiger partial charge in [0.05, 0.1) is 5.69 Å². The van der Waals surface area contributed by atoms with Crippen LogP contribution in [-0.2, 0) is 6.54 Å². The largest absolute Gasteiger partial charge is 0.297 e. The first-order valence-electron chi connectivity index (χ1n) is 5.03. The number of imidazole rings is 1. The van der Waals surface area contributed by atoms with Gasteiger partial charge in [-0.25, -0.2) is 4.98 Å². The zero-order chi connectivity index (χ0) is 10.7. The molecule has 5 heteroatoms. The fraction of sp³-hybridized carbons (Fsp3) is 0.500. The van der Waals surface area contributed by atoms with E-state index in [4.69, 9.17) is 11.6 Å². The number of hydrogen-bond acceptors (Lipinski definition) is 3. The summed E-state index contributed by atoms with van der Waals surface area (Å²) in [4.78, 5) is 7.89. The van der Waals surface area contributed by atoms with Crippen LogP contribution in [0.5, 0.6) is 0 Å². The molecule has 2 aromatic rings. The van der Waals surface area contributed by atoms with Crippen LogP contribution in [0.1, 0.15) is 12.6 Å². The number of aromatic nitrogens is 2. The highest BCUT2D eigenvalue weighted by Gasteiger charge is 2.07. The molecule has 0 aromatic carbocycles. The first kappa shape index (κ1) is 10.9. The molecule has 2 heterocycles. The van der Waals surface area contributed by atoms with Crippen molar-refractivity contribution in [2.75, 3.05) is 19.0 Å². The molecular formula is C10H14ClN3S. The van der Waals surface area contributed by atoms with Gasteiger partial charge >= 0.3 is 0 Å². The molecular weight excluding hydrogens is 230 g/mol. The Morgan fingerprint density at radius 2 is 2.47 bits per heavy atom. The van der Waals surface area contributed by atoms with E-state index >= 15 is 0 Å². The minimum Gasteiger partial charge on any atom is -0.297 e. The number of rotatable bonds is 5. The van der Waals surface area contributed by atoms with Gasteiger partial charge in [-0.05, 0) is 6.54 Å². The Labute approximate surface area is 98.3 Å². The number of nitrogens with zero attached hydrogens (tertiary/aromatic N) is 3. The van der Waals surface area contributed by atoms with Gasteiger partial charge in [-0.1, -0.05) is 6.92 Å². The average molecular weight is 244 g/mol. The topological polar surface area (TPSA) is 20.5 Å². The lowest BCUT2D eigenvalue weighted by Crippen LogP contribution is -2.25. The molecule has 0 unspecified atom stereocenters. The van der Waals surface area contributed by atoms with Crippen LogP contribution in [0, 0.1) is 0 Å². The van der Waals surface area contributed by atoms with E-state index in [1.807, 2.05) is 11.6 Å². The maximum Gasteiger partial charge on any atom is 0.193 e. The summed E-state index contributed by atoms with van der Waals surface area (Å²) in [6.45, 7) is 4.96. The van der Waals surface area contributed by atoms with Crippen molar-refractivity contribution in [1.29, 1.82) is 0 Å². The lowest BCUT2D eigenvalue weighted by Gasteiger charge is -2.16. The summed E-state index contributed by atoms with van der Waals surface area (Å²) in [5.41, 5.74) is 1.12. The summed E-state index contributed by atoms with van der Waals surface area (Å²) in [7, 11) is 0. The predicted octanol–water partition coefficient (Wildman–Crippen LogP) is 2.46. The van der Waals surface area contributed by atoms with Crippen LogP contribution in [-0.4, -0.2) is 33.3 Å². The molecule has 0 aliphatic heterocycles. The lowest BCUT2D eigenvalue weighted by atomic mass is 10.4. The quantitative estimate of drug-likeness (QED) is 0.752. The van der Waals surface area contributed by atoms with Gasteiger partial charge in [0.15, 0.2) is 4.96 Å². The highest BCUT2D eigenvalue weighted by molar-refractivity contribution is 7.15. The van der Waals surface area contributed by atoms with Crippen LogP contribution >= 0.6 is 22.9 Å². The number of thiazole rings is 1. The van der Waals surface area contributed by atoms with E-state index in [-0.39, 0.29) is 0 Å². The number of halogens is 1. The molecule has 2 aromatic heterocycles. The maximum absolute atomic E-state index is 5.73. The standard InChI is InChI=1S/C10H14ClN3S/c1-2-13(4-3-11)7-9-8-14-5-6-15-10(14)12-9/h5-6,8H,2-4,7H2,1H3. The molecule has 0 saturated heterocycles. The van der Waals surface area contributed by atoms with E-state index in [0.29, 0.717) is 5.88 Å². The predicted molar refractivity (Wildman–Crippen MR) is 64.7 cm³/mol. The summed E-state index contributed by atoms with van der Waals surface area (Å²) in [6, 6.07) is 0. The van der Waals surface area contributed by atoms with Gasteiger partial charge < -0.3 is 0 Å². The van der Waals surface area contributed by atoms with E-state index < -0.39 is 0 Å². The summed E-state index contributed by atoms with van der Waals surface area (Å²) < 4.78 is 2.06. The fourth-order valence-corrected chi connectivity index (χ4v) is 2.51. The smallest absolute Gasteiger partial charge is 0.193 e. The van der Waals surface area contributed by atoms with Crippen LogP contribution in [0.4, 0.5) is 0 Å². The van der Waals surface area contributed by atoms with E-state index in [1.54, 1.807) is 11.3 Å². The molecule has 0 N–H and O–H groups in total. The molecule has 0 spiro atoms. The monoisotopic (exact) mass is 243 g/mol. The summed E-state index contributed by atoms with van der Waals surface area (Å²) in [5, 5.41) is 2.04. The Morgan fingerprint density at radius 1 is 1.60 bits per heavy atom. The van der Waals surface area contributed by atoms with Crippen molar-refractivity contribution < 1.29 is 0 Å². The average Bonchev–Trinajstić information content (AvgIpc) is 2.77. The molecule has 0 amide bonds. The van der Waals surface area contributed by atoms with E-state index in [9.17, 15) is 0 Å². The van der Waals surface area contributed by atoms with Crippen molar-refractivity contribution in [3.63, 3.8) is 0 Å². The maximum atomic E-state index is 5.73. The fourth-order valence-electron chi connectivity index (χ4n) is 1.55. The van der Waals surface area contributed by atoms with Crippen LogP contribution in [0.25, 0.3) is 4.96 Å². The molecule has 82 valence electrons. The minimum atomic E-state index is 0.677. The van der Waals surface area contributed by atoms with Crippen molar-refractivity contribution >= 4 is 27.9 Å². The van der Waals surface area contributed by atoms with Gasteiger partial charge in [-0.15, -0.1) is 22.9 Å². The lowest BCUT2D eigenvalue weighted by molar-refractivity contribution is 0.294. The molecule has 0 saturated carbocycles. The molecule has 0 fully saturated rings. The Kier molecular flexibility index (Phi) is 3.61. The molecule has 2 rings (SSSR count). The van der Waals surface area contributed by atoms with Crippen LogP contribution in [0.3, 0.4) is 0 Å². The van der Waals surface area contributed by atoms with Gasteiger partial charge in [0.25, 0.3) is 0 Å². The summed E-state index contributed by atoms with van der Waals surface area (Å²) in [5.74, 6) is 0.677. The third-order valence-corrected chi connectivity index (χ3v) is 3.32. The zero-order valence-electron chi connectivity index (χ0n) is 8.69. The molecule has 0 atom stereocenters. The Hall–Kier alpha value is -0.580. The zero-order valence-corrected chi connectivity index (χ0v) is 10.3. The molecule has 0 aliphatic rings. The molecule has 3 nitrogen and oxygen atoms in total. The number of hydrogen-bond donors (Lipinski definition) is 0. The van der Waals surface area contributed by atoms with Crippen LogP contribution in [0.2, 0.25) is 0 Å². The van der Waals surface area contributed by atoms with E-state index in [2.05, 4.69) is 27.4 Å². The first-order chi connectivity index (χ1) is 7.33. The summed E-state index contributed by atoms with van der Waals surface area (Å²) >= 11 is 7.40. The van der Waals surface area contributed by atoms with Crippen LogP contribution < -0.4 is 0 Å². The second-order valence-electron chi connectivity index (χ2n) is 3.38. The van der Waals surface area contributed by atoms with Crippen molar-refractivity contribution in [3.8, 4) is 0 Å². The van der Waals surface area contributed by atoms with E-state index in [1.165, 1.54) is 0 Å². The first-order valence-corrected chi connectivity index (χ1v) is 6.44. The Bertz CT molecular complexity index is 394. The molecule has 15 heavy (non-hydrogen) atoms. The Balaban J connectivity index is 2.07. The number of fused-ring (bicyclic) bond motifs is 1. The van der Waals surface area contributed by atoms with Gasteiger partial charge in [0.2, 0.25) is 0 Å². The Morgan fingerprint density at radius 3 is 3.13 bits per heavy atom. The molecule has 0 bridgehead atoms. The third kappa shape index (κ3) is 2.51. The molecule has 0 aliphatic carbocycles. The third-order valence-electron chi connectivity index (χ3n) is 2.38. The second kappa shape index (κ2) is 4.96. The van der Waals surface area contributed by atoms with Gasteiger partial charge in [-0.3, -0.25) is 9.30 Å². The highest BCUT2D eigenvalue weighted by Crippen LogP contribution is 2.12. The van der Waals surface area contributed by atoms with Gasteiger partial charge in [-0.2, -0.15) is 0 Å². The van der Waals surface area contributed by atoms with Crippen molar-refractivity contribution in [1.82, 2.24) is 14.3 Å². The van der Waals surface area contributed by atoms with Gasteiger partial charge in [0.1, 0.15) is 0 Å². The van der Waals surface area contributed by atoms with Gasteiger partial charge in [0, 0.05) is 36.7 Å². The SMILES string of the molecule is CCN(CCCl)Cc1cn2ccsc2n1. The summed E-state index contributed by atoms with van der Waals surface area (Å²) in [6.07, 6.45) is 4.12. The van der Waals surface area contributed by atoms with Crippen molar-refractivity contribution in [2.24, 2.45) is 0 Å². The van der Waals surface area contributed by atoms with E-state index in [0.717, 1.165) is 30.3 Å². The minimum absolute atomic E-state index is 0.677. The number of alkyl halides is 1. The normalized spacial score (nSPS) is 11.7.